The van der Waals surface area contributed by atoms with Gasteiger partial charge in [0.25, 0.3) is 0 Å². The van der Waals surface area contributed by atoms with Gasteiger partial charge in [-0.15, -0.1) is 10.2 Å². The predicted octanol–water partition coefficient (Wildman–Crippen LogP) is 4.09. The third-order valence-corrected chi connectivity index (χ3v) is 5.75. The summed E-state index contributed by atoms with van der Waals surface area (Å²) in [5.41, 5.74) is 4.16. The molecule has 4 aromatic rings. The Balaban J connectivity index is 1.49. The van der Waals surface area contributed by atoms with Crippen LogP contribution < -0.4 is 5.32 Å². The van der Waals surface area contributed by atoms with Crippen molar-refractivity contribution >= 4 is 17.7 Å². The van der Waals surface area contributed by atoms with Crippen molar-refractivity contribution in [2.24, 2.45) is 0 Å². The number of para-hydroxylation sites is 1. The van der Waals surface area contributed by atoms with Crippen molar-refractivity contribution in [2.45, 2.75) is 18.5 Å². The highest BCUT2D eigenvalue weighted by molar-refractivity contribution is 7.99. The van der Waals surface area contributed by atoms with Crippen molar-refractivity contribution in [1.29, 1.82) is 0 Å². The van der Waals surface area contributed by atoms with Gasteiger partial charge in [-0.05, 0) is 42.7 Å². The van der Waals surface area contributed by atoms with E-state index in [1.807, 2.05) is 66.1 Å². The van der Waals surface area contributed by atoms with E-state index in [1.54, 1.807) is 12.4 Å². The Kier molecular flexibility index (Phi) is 6.74. The van der Waals surface area contributed by atoms with Gasteiger partial charge in [0.2, 0.25) is 5.91 Å². The Hall–Kier alpha value is -3.45. The SMILES string of the molecule is Cc1ccccc1-n1c(SCC(=O)NCCc2ccccc2)nnc1-c1cccnc1. The summed E-state index contributed by atoms with van der Waals surface area (Å²) in [5, 5.41) is 12.4. The van der Waals surface area contributed by atoms with Crippen LogP contribution in [0.4, 0.5) is 0 Å². The van der Waals surface area contributed by atoms with Crippen LogP contribution in [0.5, 0.6) is 0 Å². The van der Waals surface area contributed by atoms with Crippen LogP contribution in [0.15, 0.2) is 84.3 Å². The maximum Gasteiger partial charge on any atom is 0.230 e. The maximum absolute atomic E-state index is 12.4. The number of aryl methyl sites for hydroxylation is 1. The molecule has 1 amide bonds. The first-order chi connectivity index (χ1) is 15.2. The van der Waals surface area contributed by atoms with E-state index in [0.717, 1.165) is 23.2 Å². The molecule has 31 heavy (non-hydrogen) atoms. The molecule has 0 fully saturated rings. The van der Waals surface area contributed by atoms with Crippen molar-refractivity contribution in [2.75, 3.05) is 12.3 Å². The van der Waals surface area contributed by atoms with Gasteiger partial charge in [-0.1, -0.05) is 60.3 Å². The van der Waals surface area contributed by atoms with Crippen molar-refractivity contribution in [1.82, 2.24) is 25.1 Å². The van der Waals surface area contributed by atoms with E-state index in [0.29, 0.717) is 17.5 Å². The molecule has 6 nitrogen and oxygen atoms in total. The Morgan fingerprint density at radius 2 is 1.81 bits per heavy atom. The minimum atomic E-state index is -0.0248. The zero-order chi connectivity index (χ0) is 21.5. The Morgan fingerprint density at radius 3 is 2.58 bits per heavy atom. The molecule has 0 atom stereocenters. The Labute approximate surface area is 185 Å². The highest BCUT2D eigenvalue weighted by atomic mass is 32.2. The highest BCUT2D eigenvalue weighted by Gasteiger charge is 2.18. The van der Waals surface area contributed by atoms with E-state index < -0.39 is 0 Å². The lowest BCUT2D eigenvalue weighted by molar-refractivity contribution is -0.118. The van der Waals surface area contributed by atoms with E-state index in [-0.39, 0.29) is 11.7 Å². The molecule has 0 saturated heterocycles. The first kappa shape index (κ1) is 20.8. The summed E-state index contributed by atoms with van der Waals surface area (Å²) in [7, 11) is 0. The molecule has 0 saturated carbocycles. The molecule has 0 unspecified atom stereocenters. The van der Waals surface area contributed by atoms with Gasteiger partial charge in [-0.25, -0.2) is 0 Å². The number of carbonyl (C=O) groups is 1. The lowest BCUT2D eigenvalue weighted by Crippen LogP contribution is -2.27. The average molecular weight is 430 g/mol. The van der Waals surface area contributed by atoms with Gasteiger partial charge in [0.05, 0.1) is 11.4 Å². The Bertz CT molecular complexity index is 1150. The standard InChI is InChI=1S/C24H23N5OS/c1-18-8-5-6-12-21(18)29-23(20-11-7-14-25-16-20)27-28-24(29)31-17-22(30)26-15-13-19-9-3-2-4-10-19/h2-12,14,16H,13,15,17H2,1H3,(H,26,30). The quantitative estimate of drug-likeness (QED) is 0.427. The average Bonchev–Trinajstić information content (AvgIpc) is 3.23. The largest absolute Gasteiger partial charge is 0.355 e. The van der Waals surface area contributed by atoms with Gasteiger partial charge in [-0.2, -0.15) is 0 Å². The summed E-state index contributed by atoms with van der Waals surface area (Å²) in [6, 6.07) is 22.0. The highest BCUT2D eigenvalue weighted by Crippen LogP contribution is 2.28. The second-order valence-electron chi connectivity index (χ2n) is 7.04. The van der Waals surface area contributed by atoms with Crippen molar-refractivity contribution in [3.05, 3.63) is 90.3 Å². The molecule has 4 rings (SSSR count). The summed E-state index contributed by atoms with van der Waals surface area (Å²) in [6.07, 6.45) is 4.30. The lowest BCUT2D eigenvalue weighted by Gasteiger charge is -2.12. The van der Waals surface area contributed by atoms with Gasteiger partial charge in [0.1, 0.15) is 0 Å². The van der Waals surface area contributed by atoms with Crippen LogP contribution >= 0.6 is 11.8 Å². The number of rotatable bonds is 8. The maximum atomic E-state index is 12.4. The second kappa shape index (κ2) is 10.0. The van der Waals surface area contributed by atoms with E-state index >= 15 is 0 Å². The van der Waals surface area contributed by atoms with Gasteiger partial charge in [0, 0.05) is 24.5 Å². The van der Waals surface area contributed by atoms with E-state index in [4.69, 9.17) is 0 Å². The number of hydrogen-bond acceptors (Lipinski definition) is 5. The molecular formula is C24H23N5OS. The van der Waals surface area contributed by atoms with Gasteiger partial charge in [0.15, 0.2) is 11.0 Å². The molecule has 0 bridgehead atoms. The minimum Gasteiger partial charge on any atom is -0.355 e. The number of carbonyl (C=O) groups excluding carboxylic acids is 1. The number of nitrogens with one attached hydrogen (secondary N) is 1. The molecule has 0 spiro atoms. The Morgan fingerprint density at radius 1 is 1.00 bits per heavy atom. The fraction of sp³-hybridized carbons (Fsp3) is 0.167. The molecule has 0 aliphatic heterocycles. The fourth-order valence-corrected chi connectivity index (χ4v) is 4.02. The van der Waals surface area contributed by atoms with Crippen LogP contribution in [-0.2, 0) is 11.2 Å². The summed E-state index contributed by atoms with van der Waals surface area (Å²) in [5.74, 6) is 0.948. The summed E-state index contributed by atoms with van der Waals surface area (Å²) in [6.45, 7) is 2.65. The topological polar surface area (TPSA) is 72.7 Å². The molecule has 0 radical (unpaired) electrons. The van der Waals surface area contributed by atoms with Crippen LogP contribution in [-0.4, -0.2) is 38.0 Å². The lowest BCUT2D eigenvalue weighted by atomic mass is 10.1. The van der Waals surface area contributed by atoms with Gasteiger partial charge in [-0.3, -0.25) is 14.3 Å². The van der Waals surface area contributed by atoms with Crippen LogP contribution in [0.25, 0.3) is 17.1 Å². The number of aromatic nitrogens is 4. The summed E-state index contributed by atoms with van der Waals surface area (Å²) in [4.78, 5) is 16.6. The molecule has 7 heteroatoms. The number of nitrogens with zero attached hydrogens (tertiary/aromatic N) is 4. The van der Waals surface area contributed by atoms with Crippen LogP contribution in [0, 0.1) is 6.92 Å². The number of benzene rings is 2. The molecular weight excluding hydrogens is 406 g/mol. The zero-order valence-electron chi connectivity index (χ0n) is 17.2. The third kappa shape index (κ3) is 5.19. The zero-order valence-corrected chi connectivity index (χ0v) is 18.0. The van der Waals surface area contributed by atoms with Crippen molar-refractivity contribution in [3.8, 4) is 17.1 Å². The van der Waals surface area contributed by atoms with Crippen LogP contribution in [0.2, 0.25) is 0 Å². The number of thioether (sulfide) groups is 1. The summed E-state index contributed by atoms with van der Waals surface area (Å²) >= 11 is 1.38. The number of pyridine rings is 1. The van der Waals surface area contributed by atoms with Crippen LogP contribution in [0.3, 0.4) is 0 Å². The number of hydrogen-bond donors (Lipinski definition) is 1. The normalized spacial score (nSPS) is 10.7. The first-order valence-corrected chi connectivity index (χ1v) is 11.1. The van der Waals surface area contributed by atoms with E-state index in [1.165, 1.54) is 17.3 Å². The van der Waals surface area contributed by atoms with Crippen molar-refractivity contribution < 1.29 is 4.79 Å². The summed E-state index contributed by atoms with van der Waals surface area (Å²) < 4.78 is 1.99. The monoisotopic (exact) mass is 429 g/mol. The molecule has 156 valence electrons. The van der Waals surface area contributed by atoms with Crippen molar-refractivity contribution in [3.63, 3.8) is 0 Å². The first-order valence-electron chi connectivity index (χ1n) is 10.1. The predicted molar refractivity (Wildman–Crippen MR) is 123 cm³/mol. The van der Waals surface area contributed by atoms with E-state index in [9.17, 15) is 4.79 Å². The molecule has 2 heterocycles. The minimum absolute atomic E-state index is 0.0248. The molecule has 0 aliphatic rings. The third-order valence-electron chi connectivity index (χ3n) is 4.82. The fourth-order valence-electron chi connectivity index (χ4n) is 3.25. The smallest absolute Gasteiger partial charge is 0.230 e. The van der Waals surface area contributed by atoms with Gasteiger partial charge < -0.3 is 5.32 Å². The number of amides is 1. The second-order valence-corrected chi connectivity index (χ2v) is 7.99. The van der Waals surface area contributed by atoms with Crippen LogP contribution in [0.1, 0.15) is 11.1 Å². The van der Waals surface area contributed by atoms with E-state index in [2.05, 4.69) is 32.6 Å². The molecule has 0 aliphatic carbocycles. The molecule has 2 aromatic heterocycles. The molecule has 2 aromatic carbocycles. The van der Waals surface area contributed by atoms with Gasteiger partial charge >= 0.3 is 0 Å². The molecule has 1 N–H and O–H groups in total.